The Balaban J connectivity index is 1.50. The van der Waals surface area contributed by atoms with Gasteiger partial charge in [0, 0.05) is 23.5 Å². The van der Waals surface area contributed by atoms with Crippen molar-refractivity contribution < 1.29 is 0 Å². The van der Waals surface area contributed by atoms with Crippen molar-refractivity contribution in [3.8, 4) is 0 Å². The van der Waals surface area contributed by atoms with Crippen LogP contribution in [0, 0.1) is 6.92 Å². The number of piperidine rings is 1. The Kier molecular flexibility index (Phi) is 4.81. The molecule has 3 heterocycles. The average Bonchev–Trinajstić information content (AvgIpc) is 3.00. The Morgan fingerprint density at radius 3 is 2.69 bits per heavy atom. The summed E-state index contributed by atoms with van der Waals surface area (Å²) in [5.41, 5.74) is 7.08. The Labute approximate surface area is 166 Å². The SMILES string of the molecule is Cc1nc2ccc(Sc3cnc(N4CCC(C)(N)CC4)cn3)c(Cl)c2s1. The summed E-state index contributed by atoms with van der Waals surface area (Å²) in [7, 11) is 0. The molecule has 1 saturated heterocycles. The first kappa shape index (κ1) is 18.0. The minimum Gasteiger partial charge on any atom is -0.355 e. The number of rotatable bonds is 3. The van der Waals surface area contributed by atoms with Crippen molar-refractivity contribution in [2.75, 3.05) is 18.0 Å². The fraction of sp³-hybridized carbons (Fsp3) is 0.389. The van der Waals surface area contributed by atoms with Gasteiger partial charge >= 0.3 is 0 Å². The van der Waals surface area contributed by atoms with Gasteiger partial charge in [0.25, 0.3) is 0 Å². The molecule has 0 aliphatic carbocycles. The van der Waals surface area contributed by atoms with Gasteiger partial charge in [-0.2, -0.15) is 0 Å². The van der Waals surface area contributed by atoms with Gasteiger partial charge in [-0.15, -0.1) is 11.3 Å². The number of aromatic nitrogens is 3. The topological polar surface area (TPSA) is 67.9 Å². The van der Waals surface area contributed by atoms with Crippen LogP contribution in [0.5, 0.6) is 0 Å². The maximum atomic E-state index is 6.57. The van der Waals surface area contributed by atoms with E-state index in [0.717, 1.165) is 61.9 Å². The van der Waals surface area contributed by atoms with Crippen LogP contribution in [0.25, 0.3) is 10.2 Å². The number of nitrogens with zero attached hydrogens (tertiary/aromatic N) is 4. The molecule has 2 N–H and O–H groups in total. The van der Waals surface area contributed by atoms with Crippen LogP contribution in [0.2, 0.25) is 5.02 Å². The van der Waals surface area contributed by atoms with Gasteiger partial charge < -0.3 is 10.6 Å². The molecular formula is C18H20ClN5S2. The highest BCUT2D eigenvalue weighted by molar-refractivity contribution is 7.99. The summed E-state index contributed by atoms with van der Waals surface area (Å²) in [5, 5.41) is 2.59. The lowest BCUT2D eigenvalue weighted by atomic mass is 9.91. The number of benzene rings is 1. The Morgan fingerprint density at radius 2 is 2.00 bits per heavy atom. The smallest absolute Gasteiger partial charge is 0.147 e. The molecule has 2 aromatic heterocycles. The van der Waals surface area contributed by atoms with Crippen LogP contribution in [0.1, 0.15) is 24.8 Å². The Hall–Kier alpha value is -1.41. The first-order chi connectivity index (χ1) is 12.4. The van der Waals surface area contributed by atoms with Crippen LogP contribution in [-0.4, -0.2) is 33.6 Å². The highest BCUT2D eigenvalue weighted by Gasteiger charge is 2.26. The zero-order valence-electron chi connectivity index (χ0n) is 14.7. The van der Waals surface area contributed by atoms with E-state index in [1.165, 1.54) is 11.8 Å². The summed E-state index contributed by atoms with van der Waals surface area (Å²) in [4.78, 5) is 16.9. The first-order valence-electron chi connectivity index (χ1n) is 8.51. The van der Waals surface area contributed by atoms with Gasteiger partial charge in [0.05, 0.1) is 32.6 Å². The molecule has 5 nitrogen and oxygen atoms in total. The second-order valence-corrected chi connectivity index (χ2v) is 9.56. The minimum atomic E-state index is -0.0654. The van der Waals surface area contributed by atoms with Crippen molar-refractivity contribution in [3.05, 3.63) is 34.6 Å². The van der Waals surface area contributed by atoms with E-state index in [2.05, 4.69) is 26.8 Å². The number of fused-ring (bicyclic) bond motifs is 1. The van der Waals surface area contributed by atoms with Crippen molar-refractivity contribution in [3.63, 3.8) is 0 Å². The largest absolute Gasteiger partial charge is 0.355 e. The van der Waals surface area contributed by atoms with Gasteiger partial charge in [-0.25, -0.2) is 15.0 Å². The van der Waals surface area contributed by atoms with Crippen molar-refractivity contribution >= 4 is 50.7 Å². The third-order valence-corrected chi connectivity index (χ3v) is 7.23. The highest BCUT2D eigenvalue weighted by Crippen LogP contribution is 2.39. The van der Waals surface area contributed by atoms with Gasteiger partial charge in [0.2, 0.25) is 0 Å². The third kappa shape index (κ3) is 3.67. The van der Waals surface area contributed by atoms with Gasteiger partial charge in [-0.1, -0.05) is 23.4 Å². The standard InChI is InChI=1S/C18H20ClN5S2/c1-11-23-12-3-4-13(16(19)17(12)25-11)26-15-10-21-14(9-22-15)24-7-5-18(2,20)6-8-24/h3-4,9-10H,5-8,20H2,1-2H3. The molecule has 0 unspecified atom stereocenters. The average molecular weight is 406 g/mol. The summed E-state index contributed by atoms with van der Waals surface area (Å²) in [6, 6.07) is 4.00. The molecule has 3 aromatic rings. The van der Waals surface area contributed by atoms with Crippen molar-refractivity contribution in [2.45, 2.75) is 42.1 Å². The fourth-order valence-electron chi connectivity index (χ4n) is 3.02. The van der Waals surface area contributed by atoms with Crippen LogP contribution in [0.3, 0.4) is 0 Å². The van der Waals surface area contributed by atoms with E-state index in [-0.39, 0.29) is 5.54 Å². The van der Waals surface area contributed by atoms with E-state index in [0.29, 0.717) is 0 Å². The van der Waals surface area contributed by atoms with Crippen LogP contribution in [0.4, 0.5) is 5.82 Å². The molecule has 1 aromatic carbocycles. The molecule has 1 fully saturated rings. The predicted molar refractivity (Wildman–Crippen MR) is 110 cm³/mol. The summed E-state index contributed by atoms with van der Waals surface area (Å²) >= 11 is 9.71. The molecule has 0 radical (unpaired) electrons. The molecular weight excluding hydrogens is 386 g/mol. The minimum absolute atomic E-state index is 0.0654. The van der Waals surface area contributed by atoms with Gasteiger partial charge in [0.15, 0.2) is 0 Å². The lowest BCUT2D eigenvalue weighted by Crippen LogP contribution is -2.48. The number of nitrogens with two attached hydrogens (primary N) is 1. The highest BCUT2D eigenvalue weighted by atomic mass is 35.5. The zero-order valence-corrected chi connectivity index (χ0v) is 17.1. The summed E-state index contributed by atoms with van der Waals surface area (Å²) in [6.45, 7) is 5.94. The second kappa shape index (κ2) is 6.96. The molecule has 8 heteroatoms. The Bertz CT molecular complexity index is 929. The normalized spacial score (nSPS) is 17.0. The lowest BCUT2D eigenvalue weighted by molar-refractivity contribution is 0.363. The number of hydrogen-bond acceptors (Lipinski definition) is 7. The number of aryl methyl sites for hydroxylation is 1. The summed E-state index contributed by atoms with van der Waals surface area (Å²) < 4.78 is 1.02. The predicted octanol–water partition coefficient (Wildman–Crippen LogP) is 4.52. The fourth-order valence-corrected chi connectivity index (χ4v) is 5.09. The number of thiazole rings is 1. The van der Waals surface area contributed by atoms with E-state index in [4.69, 9.17) is 17.3 Å². The maximum Gasteiger partial charge on any atom is 0.147 e. The molecule has 1 aliphatic rings. The van der Waals surface area contributed by atoms with Gasteiger partial charge in [-0.05, 0) is 38.8 Å². The van der Waals surface area contributed by atoms with E-state index < -0.39 is 0 Å². The van der Waals surface area contributed by atoms with Crippen molar-refractivity contribution in [2.24, 2.45) is 5.73 Å². The quantitative estimate of drug-likeness (QED) is 0.691. The van der Waals surface area contributed by atoms with Crippen molar-refractivity contribution in [1.29, 1.82) is 0 Å². The second-order valence-electron chi connectivity index (χ2n) is 6.91. The van der Waals surface area contributed by atoms with Gasteiger partial charge in [0.1, 0.15) is 10.8 Å². The zero-order chi connectivity index (χ0) is 18.3. The van der Waals surface area contributed by atoms with E-state index in [1.807, 2.05) is 31.5 Å². The number of halogens is 1. The molecule has 0 amide bonds. The molecule has 1 aliphatic heterocycles. The summed E-state index contributed by atoms with van der Waals surface area (Å²) in [6.07, 6.45) is 5.59. The molecule has 0 spiro atoms. The van der Waals surface area contributed by atoms with Crippen molar-refractivity contribution in [1.82, 2.24) is 15.0 Å². The molecule has 0 bridgehead atoms. The first-order valence-corrected chi connectivity index (χ1v) is 10.5. The molecule has 26 heavy (non-hydrogen) atoms. The van der Waals surface area contributed by atoms with E-state index >= 15 is 0 Å². The third-order valence-electron chi connectivity index (χ3n) is 4.63. The number of hydrogen-bond donors (Lipinski definition) is 1. The monoisotopic (exact) mass is 405 g/mol. The Morgan fingerprint density at radius 1 is 1.23 bits per heavy atom. The van der Waals surface area contributed by atoms with Crippen LogP contribution in [0.15, 0.2) is 34.4 Å². The molecule has 0 atom stereocenters. The van der Waals surface area contributed by atoms with Crippen LogP contribution in [-0.2, 0) is 0 Å². The summed E-state index contributed by atoms with van der Waals surface area (Å²) in [5.74, 6) is 0.907. The van der Waals surface area contributed by atoms with Crippen LogP contribution >= 0.6 is 34.7 Å². The molecule has 136 valence electrons. The van der Waals surface area contributed by atoms with E-state index in [1.54, 1.807) is 11.3 Å². The molecule has 4 rings (SSSR count). The number of anilines is 1. The lowest BCUT2D eigenvalue weighted by Gasteiger charge is -2.37. The molecule has 0 saturated carbocycles. The van der Waals surface area contributed by atoms with E-state index in [9.17, 15) is 0 Å². The van der Waals surface area contributed by atoms with Gasteiger partial charge in [-0.3, -0.25) is 0 Å². The maximum absolute atomic E-state index is 6.57. The van der Waals surface area contributed by atoms with Crippen LogP contribution < -0.4 is 10.6 Å².